The van der Waals surface area contributed by atoms with Crippen molar-refractivity contribution < 1.29 is 8.42 Å². The molecule has 100 valence electrons. The Hall–Kier alpha value is -0.940. The number of aromatic nitrogens is 1. The summed E-state index contributed by atoms with van der Waals surface area (Å²) in [6.45, 7) is 0.442. The van der Waals surface area contributed by atoms with Crippen LogP contribution < -0.4 is 0 Å². The van der Waals surface area contributed by atoms with E-state index < -0.39 is 10.0 Å². The first-order valence-electron chi connectivity index (χ1n) is 6.43. The van der Waals surface area contributed by atoms with Gasteiger partial charge in [0.1, 0.15) is 0 Å². The number of hydrogen-bond acceptors (Lipinski definition) is 3. The van der Waals surface area contributed by atoms with Gasteiger partial charge in [0.25, 0.3) is 0 Å². The lowest BCUT2D eigenvalue weighted by atomic mass is 9.95. The van der Waals surface area contributed by atoms with Gasteiger partial charge in [-0.05, 0) is 24.5 Å². The summed E-state index contributed by atoms with van der Waals surface area (Å²) >= 11 is 0. The molecule has 0 N–H and O–H groups in total. The Balaban J connectivity index is 2.15. The van der Waals surface area contributed by atoms with E-state index in [-0.39, 0.29) is 6.04 Å². The molecule has 1 aliphatic rings. The average molecular weight is 268 g/mol. The summed E-state index contributed by atoms with van der Waals surface area (Å²) in [6.07, 6.45) is 10.2. The predicted molar refractivity (Wildman–Crippen MR) is 71.5 cm³/mol. The van der Waals surface area contributed by atoms with Crippen molar-refractivity contribution in [2.24, 2.45) is 0 Å². The molecule has 0 spiro atoms. The molecule has 0 unspecified atom stereocenters. The second-order valence-corrected chi connectivity index (χ2v) is 6.90. The normalized spacial score (nSPS) is 18.1. The van der Waals surface area contributed by atoms with Gasteiger partial charge in [-0.1, -0.05) is 25.3 Å². The smallest absolute Gasteiger partial charge is 0.211 e. The van der Waals surface area contributed by atoms with Crippen LogP contribution in [0.1, 0.15) is 37.7 Å². The summed E-state index contributed by atoms with van der Waals surface area (Å²) in [7, 11) is -3.16. The molecular weight excluding hydrogens is 248 g/mol. The van der Waals surface area contributed by atoms with Gasteiger partial charge in [-0.2, -0.15) is 4.31 Å². The van der Waals surface area contributed by atoms with Crippen molar-refractivity contribution in [1.82, 2.24) is 9.29 Å². The minimum atomic E-state index is -3.16. The largest absolute Gasteiger partial charge is 0.264 e. The fraction of sp³-hybridized carbons (Fsp3) is 0.615. The molecule has 0 saturated heterocycles. The Morgan fingerprint density at radius 2 is 2.06 bits per heavy atom. The van der Waals surface area contributed by atoms with Crippen molar-refractivity contribution in [1.29, 1.82) is 0 Å². The second-order valence-electron chi connectivity index (χ2n) is 4.96. The van der Waals surface area contributed by atoms with E-state index in [2.05, 4.69) is 4.98 Å². The molecule has 1 aromatic rings. The maximum absolute atomic E-state index is 11.9. The molecule has 2 rings (SSSR count). The van der Waals surface area contributed by atoms with Crippen molar-refractivity contribution in [3.05, 3.63) is 30.1 Å². The SMILES string of the molecule is CS(=O)(=O)N(Cc1cccnc1)C1CCCCC1. The summed E-state index contributed by atoms with van der Waals surface area (Å²) in [6, 6.07) is 3.93. The summed E-state index contributed by atoms with van der Waals surface area (Å²) < 4.78 is 25.5. The molecule has 5 heteroatoms. The lowest BCUT2D eigenvalue weighted by Crippen LogP contribution is -2.40. The van der Waals surface area contributed by atoms with Crippen LogP contribution in [-0.2, 0) is 16.6 Å². The number of sulfonamides is 1. The van der Waals surface area contributed by atoms with Crippen molar-refractivity contribution in [3.63, 3.8) is 0 Å². The van der Waals surface area contributed by atoms with Gasteiger partial charge in [-0.15, -0.1) is 0 Å². The molecule has 1 heterocycles. The van der Waals surface area contributed by atoms with Crippen LogP contribution in [0.4, 0.5) is 0 Å². The minimum Gasteiger partial charge on any atom is -0.264 e. The van der Waals surface area contributed by atoms with Crippen molar-refractivity contribution in [3.8, 4) is 0 Å². The van der Waals surface area contributed by atoms with Gasteiger partial charge >= 0.3 is 0 Å². The van der Waals surface area contributed by atoms with Gasteiger partial charge in [-0.3, -0.25) is 4.98 Å². The fourth-order valence-corrected chi connectivity index (χ4v) is 3.69. The fourth-order valence-electron chi connectivity index (χ4n) is 2.56. The van der Waals surface area contributed by atoms with Crippen LogP contribution in [0.15, 0.2) is 24.5 Å². The molecular formula is C13H20N2O2S. The monoisotopic (exact) mass is 268 g/mol. The summed E-state index contributed by atoms with van der Waals surface area (Å²) in [5.74, 6) is 0. The van der Waals surface area contributed by atoms with Crippen molar-refractivity contribution in [2.75, 3.05) is 6.26 Å². The maximum Gasteiger partial charge on any atom is 0.211 e. The van der Waals surface area contributed by atoms with Gasteiger partial charge < -0.3 is 0 Å². The van der Waals surface area contributed by atoms with E-state index in [0.717, 1.165) is 31.2 Å². The first-order chi connectivity index (χ1) is 8.57. The Labute approximate surface area is 109 Å². The molecule has 0 radical (unpaired) electrons. The highest BCUT2D eigenvalue weighted by atomic mass is 32.2. The third-order valence-corrected chi connectivity index (χ3v) is 4.75. The Kier molecular flexibility index (Phi) is 4.35. The van der Waals surface area contributed by atoms with Gasteiger partial charge in [-0.25, -0.2) is 8.42 Å². The van der Waals surface area contributed by atoms with Gasteiger partial charge in [0.05, 0.1) is 6.26 Å². The Morgan fingerprint density at radius 1 is 1.33 bits per heavy atom. The molecule has 0 aliphatic heterocycles. The molecule has 0 aromatic carbocycles. The van der Waals surface area contributed by atoms with Crippen LogP contribution >= 0.6 is 0 Å². The van der Waals surface area contributed by atoms with E-state index >= 15 is 0 Å². The van der Waals surface area contributed by atoms with E-state index in [1.165, 1.54) is 12.7 Å². The van der Waals surface area contributed by atoms with E-state index in [1.54, 1.807) is 16.7 Å². The van der Waals surface area contributed by atoms with Crippen LogP contribution in [-0.4, -0.2) is 30.0 Å². The van der Waals surface area contributed by atoms with Crippen LogP contribution in [0.2, 0.25) is 0 Å². The Bertz CT molecular complexity index is 467. The maximum atomic E-state index is 11.9. The second kappa shape index (κ2) is 5.80. The number of nitrogens with zero attached hydrogens (tertiary/aromatic N) is 2. The molecule has 1 saturated carbocycles. The van der Waals surface area contributed by atoms with Crippen molar-refractivity contribution in [2.45, 2.75) is 44.7 Å². The Morgan fingerprint density at radius 3 is 2.61 bits per heavy atom. The third-order valence-electron chi connectivity index (χ3n) is 3.47. The molecule has 1 aliphatic carbocycles. The zero-order valence-electron chi connectivity index (χ0n) is 10.7. The topological polar surface area (TPSA) is 50.3 Å². The summed E-state index contributed by atoms with van der Waals surface area (Å²) in [4.78, 5) is 4.04. The summed E-state index contributed by atoms with van der Waals surface area (Å²) in [5, 5.41) is 0. The number of pyridine rings is 1. The molecule has 4 nitrogen and oxygen atoms in total. The first kappa shape index (κ1) is 13.5. The molecule has 1 fully saturated rings. The lowest BCUT2D eigenvalue weighted by molar-refractivity contribution is 0.249. The molecule has 18 heavy (non-hydrogen) atoms. The highest BCUT2D eigenvalue weighted by Crippen LogP contribution is 2.25. The zero-order valence-corrected chi connectivity index (χ0v) is 11.6. The van der Waals surface area contributed by atoms with Gasteiger partial charge in [0, 0.05) is 25.0 Å². The average Bonchev–Trinajstić information content (AvgIpc) is 2.37. The van der Waals surface area contributed by atoms with Crippen molar-refractivity contribution >= 4 is 10.0 Å². The van der Waals surface area contributed by atoms with E-state index in [1.807, 2.05) is 12.1 Å². The molecule has 0 amide bonds. The highest BCUT2D eigenvalue weighted by Gasteiger charge is 2.27. The minimum absolute atomic E-state index is 0.161. The van der Waals surface area contributed by atoms with Gasteiger partial charge in [0.15, 0.2) is 0 Å². The van der Waals surface area contributed by atoms with Crippen LogP contribution in [0.3, 0.4) is 0 Å². The molecule has 0 atom stereocenters. The number of hydrogen-bond donors (Lipinski definition) is 0. The van der Waals surface area contributed by atoms with E-state index in [0.29, 0.717) is 6.54 Å². The lowest BCUT2D eigenvalue weighted by Gasteiger charge is -2.32. The standard InChI is InChI=1S/C13H20N2O2S/c1-18(16,17)15(13-7-3-2-4-8-13)11-12-6-5-9-14-10-12/h5-6,9-10,13H,2-4,7-8,11H2,1H3. The first-order valence-corrected chi connectivity index (χ1v) is 8.28. The van der Waals surface area contributed by atoms with E-state index in [9.17, 15) is 8.42 Å². The predicted octanol–water partition coefficient (Wildman–Crippen LogP) is 2.18. The quantitative estimate of drug-likeness (QED) is 0.841. The highest BCUT2D eigenvalue weighted by molar-refractivity contribution is 7.88. The van der Waals surface area contributed by atoms with Crippen LogP contribution in [0.5, 0.6) is 0 Å². The third kappa shape index (κ3) is 3.53. The van der Waals surface area contributed by atoms with Crippen LogP contribution in [0.25, 0.3) is 0 Å². The number of rotatable bonds is 4. The molecule has 1 aromatic heterocycles. The zero-order chi connectivity index (χ0) is 13.0. The summed E-state index contributed by atoms with van der Waals surface area (Å²) in [5.41, 5.74) is 0.952. The van der Waals surface area contributed by atoms with E-state index in [4.69, 9.17) is 0 Å². The van der Waals surface area contributed by atoms with Crippen LogP contribution in [0, 0.1) is 0 Å². The molecule has 0 bridgehead atoms. The van der Waals surface area contributed by atoms with Gasteiger partial charge in [0.2, 0.25) is 10.0 Å².